The molecule has 0 aliphatic rings. The molecule has 1 atom stereocenters. The lowest BCUT2D eigenvalue weighted by molar-refractivity contribution is -0.384. The minimum Gasteiger partial charge on any atom is -0.481 e. The Morgan fingerprint density at radius 1 is 1.27 bits per heavy atom. The number of non-ortho nitro benzene ring substituents is 1. The first-order valence-electron chi connectivity index (χ1n) is 6.43. The fraction of sp³-hybridized carbons (Fsp3) is 0.133. The van der Waals surface area contributed by atoms with E-state index in [2.05, 4.69) is 5.32 Å². The highest BCUT2D eigenvalue weighted by molar-refractivity contribution is 6.30. The summed E-state index contributed by atoms with van der Waals surface area (Å²) in [7, 11) is 0. The molecule has 114 valence electrons. The molecule has 2 rings (SSSR count). The molecule has 2 aromatic rings. The van der Waals surface area contributed by atoms with Crippen molar-refractivity contribution in [2.45, 2.75) is 13.0 Å². The third kappa shape index (κ3) is 4.20. The van der Waals surface area contributed by atoms with Crippen LogP contribution in [0.1, 0.15) is 6.92 Å². The van der Waals surface area contributed by atoms with Gasteiger partial charge in [0.2, 0.25) is 0 Å². The summed E-state index contributed by atoms with van der Waals surface area (Å²) in [6, 6.07) is 12.3. The van der Waals surface area contributed by atoms with Gasteiger partial charge in [0.1, 0.15) is 5.75 Å². The Morgan fingerprint density at radius 3 is 2.55 bits per heavy atom. The van der Waals surface area contributed by atoms with Gasteiger partial charge in [-0.25, -0.2) is 0 Å². The van der Waals surface area contributed by atoms with Gasteiger partial charge in [0, 0.05) is 22.8 Å². The SMILES string of the molecule is C[C@@H](Oc1ccc([N+](=O)[O-])cc1)C(=O)Nc1cccc(Cl)c1. The molecule has 0 aliphatic heterocycles. The third-order valence-corrected chi connectivity index (χ3v) is 3.06. The van der Waals surface area contributed by atoms with E-state index in [4.69, 9.17) is 16.3 Å². The van der Waals surface area contributed by atoms with E-state index in [9.17, 15) is 14.9 Å². The van der Waals surface area contributed by atoms with Gasteiger partial charge in [-0.1, -0.05) is 17.7 Å². The zero-order valence-corrected chi connectivity index (χ0v) is 12.4. The second kappa shape index (κ2) is 6.91. The molecule has 0 saturated heterocycles. The maximum absolute atomic E-state index is 12.0. The number of nitrogens with one attached hydrogen (secondary N) is 1. The van der Waals surface area contributed by atoms with Crippen LogP contribution in [0.2, 0.25) is 5.02 Å². The van der Waals surface area contributed by atoms with Gasteiger partial charge in [-0.3, -0.25) is 14.9 Å². The Hall–Kier alpha value is -2.60. The molecule has 6 nitrogen and oxygen atoms in total. The zero-order valence-electron chi connectivity index (χ0n) is 11.7. The van der Waals surface area contributed by atoms with E-state index in [1.807, 2.05) is 0 Å². The topological polar surface area (TPSA) is 81.5 Å². The summed E-state index contributed by atoms with van der Waals surface area (Å²) in [6.45, 7) is 1.58. The molecule has 0 fully saturated rings. The van der Waals surface area contributed by atoms with Crippen LogP contribution in [0.4, 0.5) is 11.4 Å². The minimum atomic E-state index is -0.763. The zero-order chi connectivity index (χ0) is 16.1. The molecule has 2 aromatic carbocycles. The van der Waals surface area contributed by atoms with Crippen LogP contribution >= 0.6 is 11.6 Å². The van der Waals surface area contributed by atoms with Crippen LogP contribution in [-0.2, 0) is 4.79 Å². The monoisotopic (exact) mass is 320 g/mol. The molecule has 0 spiro atoms. The molecule has 0 radical (unpaired) electrons. The van der Waals surface area contributed by atoms with Crippen molar-refractivity contribution in [2.24, 2.45) is 0 Å². The Labute approximate surface area is 131 Å². The number of benzene rings is 2. The molecule has 0 bridgehead atoms. The Kier molecular flexibility index (Phi) is 4.95. The number of carbonyl (C=O) groups excluding carboxylic acids is 1. The van der Waals surface area contributed by atoms with Gasteiger partial charge in [0.15, 0.2) is 6.10 Å². The van der Waals surface area contributed by atoms with Crippen LogP contribution in [0.15, 0.2) is 48.5 Å². The van der Waals surface area contributed by atoms with Crippen LogP contribution in [0.5, 0.6) is 5.75 Å². The molecule has 22 heavy (non-hydrogen) atoms. The summed E-state index contributed by atoms with van der Waals surface area (Å²) in [5.41, 5.74) is 0.528. The first-order valence-corrected chi connectivity index (χ1v) is 6.81. The average Bonchev–Trinajstić information content (AvgIpc) is 2.47. The Bertz CT molecular complexity index is 688. The molecule has 0 aliphatic carbocycles. The van der Waals surface area contributed by atoms with Gasteiger partial charge in [-0.15, -0.1) is 0 Å². The van der Waals surface area contributed by atoms with E-state index in [1.54, 1.807) is 31.2 Å². The third-order valence-electron chi connectivity index (χ3n) is 2.82. The van der Waals surface area contributed by atoms with Crippen molar-refractivity contribution < 1.29 is 14.5 Å². The van der Waals surface area contributed by atoms with Crippen LogP contribution in [-0.4, -0.2) is 16.9 Å². The van der Waals surface area contributed by atoms with E-state index in [-0.39, 0.29) is 11.6 Å². The van der Waals surface area contributed by atoms with Crippen molar-refractivity contribution in [3.63, 3.8) is 0 Å². The van der Waals surface area contributed by atoms with Crippen molar-refractivity contribution in [3.8, 4) is 5.75 Å². The smallest absolute Gasteiger partial charge is 0.269 e. The second-order valence-corrected chi connectivity index (χ2v) is 4.95. The average molecular weight is 321 g/mol. The highest BCUT2D eigenvalue weighted by Crippen LogP contribution is 2.19. The maximum Gasteiger partial charge on any atom is 0.269 e. The number of ether oxygens (including phenoxy) is 1. The van der Waals surface area contributed by atoms with Crippen LogP contribution in [0, 0.1) is 10.1 Å². The van der Waals surface area contributed by atoms with E-state index < -0.39 is 11.0 Å². The number of hydrogen-bond donors (Lipinski definition) is 1. The van der Waals surface area contributed by atoms with Crippen molar-refractivity contribution >= 4 is 28.9 Å². The molecular formula is C15H13ClN2O4. The maximum atomic E-state index is 12.0. The summed E-state index contributed by atoms with van der Waals surface area (Å²) in [5.74, 6) is 0.0277. The lowest BCUT2D eigenvalue weighted by Crippen LogP contribution is -2.30. The number of hydrogen-bond acceptors (Lipinski definition) is 4. The summed E-state index contributed by atoms with van der Waals surface area (Å²) in [4.78, 5) is 22.1. The molecule has 0 unspecified atom stereocenters. The normalized spacial score (nSPS) is 11.5. The van der Waals surface area contributed by atoms with Gasteiger partial charge in [0.05, 0.1) is 4.92 Å². The number of carbonyl (C=O) groups is 1. The number of halogens is 1. The lowest BCUT2D eigenvalue weighted by atomic mass is 10.3. The largest absolute Gasteiger partial charge is 0.481 e. The fourth-order valence-electron chi connectivity index (χ4n) is 1.71. The van der Waals surface area contributed by atoms with Gasteiger partial charge >= 0.3 is 0 Å². The molecule has 0 aromatic heterocycles. The summed E-state index contributed by atoms with van der Waals surface area (Å²) in [6.07, 6.45) is -0.763. The van der Waals surface area contributed by atoms with Crippen LogP contribution < -0.4 is 10.1 Å². The van der Waals surface area contributed by atoms with E-state index in [0.29, 0.717) is 16.5 Å². The van der Waals surface area contributed by atoms with Crippen molar-refractivity contribution in [2.75, 3.05) is 5.32 Å². The molecule has 0 heterocycles. The Morgan fingerprint density at radius 2 is 1.95 bits per heavy atom. The van der Waals surface area contributed by atoms with E-state index in [1.165, 1.54) is 24.3 Å². The van der Waals surface area contributed by atoms with Gasteiger partial charge < -0.3 is 10.1 Å². The van der Waals surface area contributed by atoms with Crippen LogP contribution in [0.3, 0.4) is 0 Å². The first-order chi connectivity index (χ1) is 10.5. The van der Waals surface area contributed by atoms with Gasteiger partial charge in [-0.2, -0.15) is 0 Å². The highest BCUT2D eigenvalue weighted by Gasteiger charge is 2.15. The Balaban J connectivity index is 1.97. The molecule has 1 amide bonds. The van der Waals surface area contributed by atoms with Gasteiger partial charge in [-0.05, 0) is 37.3 Å². The van der Waals surface area contributed by atoms with Crippen molar-refractivity contribution in [3.05, 3.63) is 63.7 Å². The molecule has 7 heteroatoms. The van der Waals surface area contributed by atoms with Crippen molar-refractivity contribution in [1.82, 2.24) is 0 Å². The number of anilines is 1. The quantitative estimate of drug-likeness (QED) is 0.673. The van der Waals surface area contributed by atoms with Crippen LogP contribution in [0.25, 0.3) is 0 Å². The molecule has 1 N–H and O–H groups in total. The standard InChI is InChI=1S/C15H13ClN2O4/c1-10(15(19)17-12-4-2-3-11(16)9-12)22-14-7-5-13(6-8-14)18(20)21/h2-10H,1H3,(H,17,19)/t10-/m1/s1. The predicted octanol–water partition coefficient (Wildman–Crippen LogP) is 3.65. The number of nitrogens with zero attached hydrogens (tertiary/aromatic N) is 1. The molecule has 0 saturated carbocycles. The molecular weight excluding hydrogens is 308 g/mol. The first kappa shape index (κ1) is 15.8. The van der Waals surface area contributed by atoms with Gasteiger partial charge in [0.25, 0.3) is 11.6 Å². The summed E-state index contributed by atoms with van der Waals surface area (Å²) >= 11 is 5.84. The predicted molar refractivity (Wildman–Crippen MR) is 83.3 cm³/mol. The summed E-state index contributed by atoms with van der Waals surface area (Å²) in [5, 5.41) is 13.8. The number of nitro benzene ring substituents is 1. The number of nitro groups is 1. The van der Waals surface area contributed by atoms with E-state index >= 15 is 0 Å². The number of amides is 1. The summed E-state index contributed by atoms with van der Waals surface area (Å²) < 4.78 is 5.45. The highest BCUT2D eigenvalue weighted by atomic mass is 35.5. The lowest BCUT2D eigenvalue weighted by Gasteiger charge is -2.14. The number of rotatable bonds is 5. The van der Waals surface area contributed by atoms with Crippen molar-refractivity contribution in [1.29, 1.82) is 0 Å². The fourth-order valence-corrected chi connectivity index (χ4v) is 1.90. The van der Waals surface area contributed by atoms with E-state index in [0.717, 1.165) is 0 Å². The second-order valence-electron chi connectivity index (χ2n) is 4.51. The minimum absolute atomic E-state index is 0.0385.